The first-order valence-corrected chi connectivity index (χ1v) is 10.4. The first-order chi connectivity index (χ1) is 12.9. The molecule has 1 amide bonds. The van der Waals surface area contributed by atoms with Gasteiger partial charge in [-0.15, -0.1) is 0 Å². The van der Waals surface area contributed by atoms with Crippen molar-refractivity contribution in [2.24, 2.45) is 0 Å². The van der Waals surface area contributed by atoms with Crippen LogP contribution < -0.4 is 10.1 Å². The predicted octanol–water partition coefficient (Wildman–Crippen LogP) is 2.57. The molecule has 0 saturated carbocycles. The largest absolute Gasteiger partial charge is 0.465 e. The molecule has 0 bridgehead atoms. The van der Waals surface area contributed by atoms with Crippen molar-refractivity contribution in [2.45, 2.75) is 37.5 Å². The van der Waals surface area contributed by atoms with Crippen LogP contribution in [0.1, 0.15) is 31.4 Å². The number of hydrogen-bond donors (Lipinski definition) is 1. The highest BCUT2D eigenvalue weighted by atomic mass is 32.2. The summed E-state index contributed by atoms with van der Waals surface area (Å²) < 4.78 is 37.1. The van der Waals surface area contributed by atoms with Crippen LogP contribution in [0, 0.1) is 6.92 Å². The minimum atomic E-state index is -3.50. The molecule has 146 valence electrons. The average Bonchev–Trinajstić information content (AvgIpc) is 2.89. The Labute approximate surface area is 158 Å². The van der Waals surface area contributed by atoms with E-state index < -0.39 is 10.0 Å². The van der Waals surface area contributed by atoms with Crippen molar-refractivity contribution in [3.05, 3.63) is 36.1 Å². The quantitative estimate of drug-likeness (QED) is 0.809. The zero-order valence-electron chi connectivity index (χ0n) is 15.2. The van der Waals surface area contributed by atoms with Gasteiger partial charge in [0.1, 0.15) is 5.76 Å². The van der Waals surface area contributed by atoms with Crippen molar-refractivity contribution in [3.8, 4) is 5.88 Å². The van der Waals surface area contributed by atoms with Gasteiger partial charge in [0.25, 0.3) is 11.8 Å². The molecule has 1 aliphatic rings. The van der Waals surface area contributed by atoms with E-state index in [1.807, 2.05) is 0 Å². The fourth-order valence-corrected chi connectivity index (χ4v) is 4.41. The van der Waals surface area contributed by atoms with Gasteiger partial charge in [0.2, 0.25) is 10.0 Å². The normalized spacial score (nSPS) is 15.9. The molecule has 0 spiro atoms. The van der Waals surface area contributed by atoms with Crippen LogP contribution >= 0.6 is 0 Å². The number of nitrogens with one attached hydrogen (secondary N) is 1. The summed E-state index contributed by atoms with van der Waals surface area (Å²) in [6.07, 6.45) is 3.90. The Balaban J connectivity index is 1.58. The van der Waals surface area contributed by atoms with Crippen LogP contribution in [-0.4, -0.2) is 43.5 Å². The van der Waals surface area contributed by atoms with Crippen molar-refractivity contribution >= 4 is 21.6 Å². The summed E-state index contributed by atoms with van der Waals surface area (Å²) >= 11 is 0. The number of nitrogens with zero attached hydrogens (tertiary/aromatic N) is 2. The smallest absolute Gasteiger partial charge is 0.262 e. The Morgan fingerprint density at radius 2 is 1.85 bits per heavy atom. The maximum Gasteiger partial charge on any atom is 0.262 e. The first kappa shape index (κ1) is 19.4. The number of carbonyl (C=O) groups excluding carboxylic acids is 1. The van der Waals surface area contributed by atoms with Crippen LogP contribution in [0.4, 0.5) is 5.69 Å². The van der Waals surface area contributed by atoms with E-state index in [1.165, 1.54) is 12.1 Å². The van der Waals surface area contributed by atoms with E-state index in [4.69, 9.17) is 9.26 Å². The maximum atomic E-state index is 12.7. The number of sulfonamides is 1. The molecule has 27 heavy (non-hydrogen) atoms. The number of amides is 1. The van der Waals surface area contributed by atoms with Crippen molar-refractivity contribution < 1.29 is 22.5 Å². The van der Waals surface area contributed by atoms with E-state index in [9.17, 15) is 13.2 Å². The molecule has 0 aliphatic carbocycles. The molecule has 1 N–H and O–H groups in total. The lowest BCUT2D eigenvalue weighted by molar-refractivity contribution is -0.118. The van der Waals surface area contributed by atoms with Crippen molar-refractivity contribution in [1.29, 1.82) is 0 Å². The van der Waals surface area contributed by atoms with Gasteiger partial charge in [-0.1, -0.05) is 12.8 Å². The Bertz CT molecular complexity index is 869. The van der Waals surface area contributed by atoms with Crippen LogP contribution in [0.15, 0.2) is 39.8 Å². The monoisotopic (exact) mass is 393 g/mol. The first-order valence-electron chi connectivity index (χ1n) is 8.91. The topological polar surface area (TPSA) is 102 Å². The molecule has 1 fully saturated rings. The van der Waals surface area contributed by atoms with E-state index in [2.05, 4.69) is 10.5 Å². The van der Waals surface area contributed by atoms with Crippen molar-refractivity contribution in [3.63, 3.8) is 0 Å². The number of hydrogen-bond acceptors (Lipinski definition) is 6. The highest BCUT2D eigenvalue weighted by Crippen LogP contribution is 2.21. The lowest BCUT2D eigenvalue weighted by Gasteiger charge is -2.20. The molecule has 8 nitrogen and oxygen atoms in total. The SMILES string of the molecule is Cc1cc(OCC(=O)Nc2ccc(S(=O)(=O)N3CCCCCC3)cc2)no1. The molecular weight excluding hydrogens is 370 g/mol. The minimum Gasteiger partial charge on any atom is -0.465 e. The molecule has 0 atom stereocenters. The van der Waals surface area contributed by atoms with Gasteiger partial charge in [0.05, 0.1) is 4.90 Å². The molecule has 1 aromatic heterocycles. The lowest BCUT2D eigenvalue weighted by Crippen LogP contribution is -2.31. The number of anilines is 1. The Morgan fingerprint density at radius 3 is 2.44 bits per heavy atom. The van der Waals surface area contributed by atoms with Gasteiger partial charge in [-0.05, 0) is 49.2 Å². The summed E-state index contributed by atoms with van der Waals surface area (Å²) in [5.41, 5.74) is 0.495. The molecule has 3 rings (SSSR count). The summed E-state index contributed by atoms with van der Waals surface area (Å²) in [6.45, 7) is 2.61. The predicted molar refractivity (Wildman–Crippen MR) is 99.0 cm³/mol. The lowest BCUT2D eigenvalue weighted by atomic mass is 10.2. The number of aromatic nitrogens is 1. The fourth-order valence-electron chi connectivity index (χ4n) is 2.89. The summed E-state index contributed by atoms with van der Waals surface area (Å²) in [6, 6.07) is 7.75. The van der Waals surface area contributed by atoms with E-state index >= 15 is 0 Å². The second-order valence-corrected chi connectivity index (χ2v) is 8.39. The van der Waals surface area contributed by atoms with E-state index in [0.717, 1.165) is 25.7 Å². The van der Waals surface area contributed by atoms with Gasteiger partial charge in [0.15, 0.2) is 6.61 Å². The second kappa shape index (κ2) is 8.53. The van der Waals surface area contributed by atoms with Gasteiger partial charge < -0.3 is 14.6 Å². The van der Waals surface area contributed by atoms with Gasteiger partial charge >= 0.3 is 0 Å². The molecule has 1 aliphatic heterocycles. The van der Waals surface area contributed by atoms with Gasteiger partial charge in [-0.25, -0.2) is 8.42 Å². The molecule has 1 saturated heterocycles. The number of benzene rings is 1. The summed E-state index contributed by atoms with van der Waals surface area (Å²) in [5, 5.41) is 6.29. The Morgan fingerprint density at radius 1 is 1.19 bits per heavy atom. The average molecular weight is 393 g/mol. The Kier molecular flexibility index (Phi) is 6.12. The third-order valence-electron chi connectivity index (χ3n) is 4.30. The van der Waals surface area contributed by atoms with Crippen molar-refractivity contribution in [2.75, 3.05) is 25.0 Å². The molecule has 2 aromatic rings. The zero-order chi connectivity index (χ0) is 19.3. The highest BCUT2D eigenvalue weighted by molar-refractivity contribution is 7.89. The third kappa shape index (κ3) is 5.08. The summed E-state index contributed by atoms with van der Waals surface area (Å²) in [4.78, 5) is 12.2. The van der Waals surface area contributed by atoms with E-state index in [-0.39, 0.29) is 23.3 Å². The second-order valence-electron chi connectivity index (χ2n) is 6.46. The van der Waals surface area contributed by atoms with Crippen LogP contribution in [0.2, 0.25) is 0 Å². The van der Waals surface area contributed by atoms with E-state index in [1.54, 1.807) is 29.4 Å². The van der Waals surface area contributed by atoms with Crippen LogP contribution in [0.5, 0.6) is 5.88 Å². The van der Waals surface area contributed by atoms with Gasteiger partial charge in [-0.2, -0.15) is 4.31 Å². The van der Waals surface area contributed by atoms with Gasteiger partial charge in [-0.3, -0.25) is 4.79 Å². The number of carbonyl (C=O) groups is 1. The standard InChI is InChI=1S/C18H23N3O5S/c1-14-12-18(20-26-14)25-13-17(22)19-15-6-8-16(9-7-15)27(23,24)21-10-4-2-3-5-11-21/h6-9,12H,2-5,10-11,13H2,1H3,(H,19,22). The molecule has 1 aromatic carbocycles. The summed E-state index contributed by atoms with van der Waals surface area (Å²) in [7, 11) is -3.50. The molecule has 2 heterocycles. The van der Waals surface area contributed by atoms with E-state index in [0.29, 0.717) is 24.5 Å². The zero-order valence-corrected chi connectivity index (χ0v) is 16.0. The van der Waals surface area contributed by atoms with Crippen LogP contribution in [0.25, 0.3) is 0 Å². The fraction of sp³-hybridized carbons (Fsp3) is 0.444. The van der Waals surface area contributed by atoms with Crippen LogP contribution in [0.3, 0.4) is 0 Å². The molecule has 0 radical (unpaired) electrons. The minimum absolute atomic E-state index is 0.222. The number of rotatable bonds is 6. The van der Waals surface area contributed by atoms with Crippen LogP contribution in [-0.2, 0) is 14.8 Å². The molecule has 0 unspecified atom stereocenters. The van der Waals surface area contributed by atoms with Gasteiger partial charge in [0, 0.05) is 24.8 Å². The van der Waals surface area contributed by atoms with Crippen molar-refractivity contribution in [1.82, 2.24) is 9.46 Å². The number of aryl methyl sites for hydroxylation is 1. The molecule has 9 heteroatoms. The maximum absolute atomic E-state index is 12.7. The third-order valence-corrected chi connectivity index (χ3v) is 6.21. The number of ether oxygens (including phenoxy) is 1. The Hall–Kier alpha value is -2.39. The molecular formula is C18H23N3O5S. The summed E-state index contributed by atoms with van der Waals surface area (Å²) in [5.74, 6) is 0.451. The highest BCUT2D eigenvalue weighted by Gasteiger charge is 2.24.